The van der Waals surface area contributed by atoms with Crippen LogP contribution in [0.2, 0.25) is 0 Å². The van der Waals surface area contributed by atoms with Crippen molar-refractivity contribution in [2.24, 2.45) is 0 Å². The van der Waals surface area contributed by atoms with Crippen molar-refractivity contribution in [3.8, 4) is 0 Å². The molecule has 5 heteroatoms. The maximum Gasteiger partial charge on any atom is 0.211 e. The Bertz CT molecular complexity index is 1290. The average molecular weight is 425 g/mol. The average Bonchev–Trinajstić information content (AvgIpc) is 3.44. The highest BCUT2D eigenvalue weighted by atomic mass is 16.4. The molecule has 2 aromatic heterocycles. The minimum Gasteiger partial charge on any atom is -0.458 e. The highest BCUT2D eigenvalue weighted by Gasteiger charge is 2.22. The number of furan rings is 2. The lowest BCUT2D eigenvalue weighted by molar-refractivity contribution is 0.0746. The van der Waals surface area contributed by atoms with E-state index in [4.69, 9.17) is 8.83 Å². The summed E-state index contributed by atoms with van der Waals surface area (Å²) in [6.45, 7) is 0.886. The number of hydrogen-bond acceptors (Lipinski definition) is 5. The predicted molar refractivity (Wildman–Crippen MR) is 123 cm³/mol. The summed E-state index contributed by atoms with van der Waals surface area (Å²) < 4.78 is 11.6. The van der Waals surface area contributed by atoms with Crippen LogP contribution in [0.15, 0.2) is 99.8 Å². The Labute approximate surface area is 185 Å². The Hall–Kier alpha value is -3.67. The van der Waals surface area contributed by atoms with Crippen molar-refractivity contribution in [1.29, 1.82) is 0 Å². The van der Waals surface area contributed by atoms with Gasteiger partial charge in [0, 0.05) is 23.9 Å². The third-order valence-electron chi connectivity index (χ3n) is 5.52. The molecule has 1 N–H and O–H groups in total. The van der Waals surface area contributed by atoms with Gasteiger partial charge in [-0.05, 0) is 29.8 Å². The van der Waals surface area contributed by atoms with Gasteiger partial charge in [-0.25, -0.2) is 0 Å². The summed E-state index contributed by atoms with van der Waals surface area (Å²) >= 11 is 0. The first-order chi connectivity index (χ1) is 15.7. The number of benzene rings is 3. The van der Waals surface area contributed by atoms with E-state index in [1.54, 1.807) is 6.07 Å². The monoisotopic (exact) mass is 425 g/mol. The molecule has 0 bridgehead atoms. The van der Waals surface area contributed by atoms with Gasteiger partial charge in [0.2, 0.25) is 5.78 Å². The van der Waals surface area contributed by atoms with E-state index >= 15 is 0 Å². The number of nitrogens with zero attached hydrogens (tertiary/aromatic N) is 1. The number of aliphatic hydroxyl groups excluding tert-OH is 1. The first-order valence-corrected chi connectivity index (χ1v) is 10.6. The van der Waals surface area contributed by atoms with Gasteiger partial charge < -0.3 is 13.9 Å². The van der Waals surface area contributed by atoms with Crippen LogP contribution in [0.3, 0.4) is 0 Å². The number of rotatable bonds is 8. The molecule has 1 atom stereocenters. The van der Waals surface area contributed by atoms with Crippen LogP contribution >= 0.6 is 0 Å². The van der Waals surface area contributed by atoms with E-state index in [1.807, 2.05) is 89.8 Å². The number of Topliss-reactive ketones (excluding diaryl/α,β-unsaturated/α-hetero) is 1. The molecule has 0 amide bonds. The van der Waals surface area contributed by atoms with E-state index in [-0.39, 0.29) is 18.9 Å². The first kappa shape index (κ1) is 20.2. The molecule has 32 heavy (non-hydrogen) atoms. The normalized spacial score (nSPS) is 12.6. The van der Waals surface area contributed by atoms with Crippen molar-refractivity contribution in [3.63, 3.8) is 0 Å². The lowest BCUT2D eigenvalue weighted by atomic mass is 10.1. The molecule has 0 fully saturated rings. The van der Waals surface area contributed by atoms with Crippen LogP contribution < -0.4 is 0 Å². The number of aliphatic hydroxyl groups is 1. The lowest BCUT2D eigenvalue weighted by Crippen LogP contribution is -2.33. The fourth-order valence-electron chi connectivity index (χ4n) is 3.93. The van der Waals surface area contributed by atoms with Crippen LogP contribution in [0.5, 0.6) is 0 Å². The number of para-hydroxylation sites is 2. The van der Waals surface area contributed by atoms with Crippen LogP contribution in [-0.4, -0.2) is 28.9 Å². The van der Waals surface area contributed by atoms with E-state index in [2.05, 4.69) is 0 Å². The van der Waals surface area contributed by atoms with E-state index in [0.717, 1.165) is 21.9 Å². The SMILES string of the molecule is O=C(CN(Cc1ccccc1)CC(O)c1cc2ccccc2o1)c1cc2ccccc2o1. The van der Waals surface area contributed by atoms with Gasteiger partial charge in [-0.1, -0.05) is 66.7 Å². The molecule has 5 aromatic rings. The van der Waals surface area contributed by atoms with E-state index in [0.29, 0.717) is 23.6 Å². The molecule has 3 aromatic carbocycles. The van der Waals surface area contributed by atoms with E-state index in [1.165, 1.54) is 0 Å². The molecule has 0 saturated carbocycles. The van der Waals surface area contributed by atoms with Gasteiger partial charge in [-0.3, -0.25) is 9.69 Å². The predicted octanol–water partition coefficient (Wildman–Crippen LogP) is 5.60. The minimum absolute atomic E-state index is 0.117. The Balaban J connectivity index is 1.37. The molecule has 0 radical (unpaired) electrons. The highest BCUT2D eigenvalue weighted by Crippen LogP contribution is 2.25. The van der Waals surface area contributed by atoms with E-state index < -0.39 is 6.10 Å². The summed E-state index contributed by atoms with van der Waals surface area (Å²) in [5.41, 5.74) is 2.48. The van der Waals surface area contributed by atoms with Gasteiger partial charge in [0.1, 0.15) is 23.0 Å². The molecular formula is C27H23NO4. The number of carbonyl (C=O) groups excluding carboxylic acids is 1. The Morgan fingerprint density at radius 3 is 2.12 bits per heavy atom. The fraction of sp³-hybridized carbons (Fsp3) is 0.148. The Morgan fingerprint density at radius 1 is 0.812 bits per heavy atom. The van der Waals surface area contributed by atoms with Gasteiger partial charge in [0.05, 0.1) is 6.54 Å². The quantitative estimate of drug-likeness (QED) is 0.328. The Morgan fingerprint density at radius 2 is 1.44 bits per heavy atom. The van der Waals surface area contributed by atoms with Crippen molar-refractivity contribution in [3.05, 3.63) is 108 Å². The lowest BCUT2D eigenvalue weighted by Gasteiger charge is -2.23. The summed E-state index contributed by atoms with van der Waals surface area (Å²) in [6.07, 6.45) is -0.866. The topological polar surface area (TPSA) is 66.8 Å². The summed E-state index contributed by atoms with van der Waals surface area (Å²) in [5.74, 6) is 0.678. The summed E-state index contributed by atoms with van der Waals surface area (Å²) in [5, 5.41) is 12.7. The molecule has 0 aliphatic carbocycles. The number of hydrogen-bond donors (Lipinski definition) is 1. The van der Waals surface area contributed by atoms with Crippen molar-refractivity contribution >= 4 is 27.7 Å². The summed E-state index contributed by atoms with van der Waals surface area (Å²) in [7, 11) is 0. The maximum atomic E-state index is 13.0. The summed E-state index contributed by atoms with van der Waals surface area (Å²) in [6, 6.07) is 28.7. The third-order valence-corrected chi connectivity index (χ3v) is 5.52. The summed E-state index contributed by atoms with van der Waals surface area (Å²) in [4.78, 5) is 15.0. The van der Waals surface area contributed by atoms with Crippen LogP contribution in [0.1, 0.15) is 28.0 Å². The molecule has 1 unspecified atom stereocenters. The molecule has 5 rings (SSSR count). The molecule has 160 valence electrons. The number of carbonyl (C=O) groups is 1. The molecular weight excluding hydrogens is 402 g/mol. The number of fused-ring (bicyclic) bond motifs is 2. The third kappa shape index (κ3) is 4.35. The van der Waals surface area contributed by atoms with Crippen LogP contribution in [0.4, 0.5) is 0 Å². The van der Waals surface area contributed by atoms with Crippen LogP contribution in [-0.2, 0) is 6.54 Å². The molecule has 0 aliphatic heterocycles. The largest absolute Gasteiger partial charge is 0.458 e. The van der Waals surface area contributed by atoms with Gasteiger partial charge in [0.25, 0.3) is 0 Å². The second kappa shape index (κ2) is 8.83. The zero-order valence-electron chi connectivity index (χ0n) is 17.5. The van der Waals surface area contributed by atoms with Gasteiger partial charge >= 0.3 is 0 Å². The molecule has 0 spiro atoms. The maximum absolute atomic E-state index is 13.0. The standard InChI is InChI=1S/C27H23NO4/c29-22(26-14-20-10-4-6-12-24(20)31-26)17-28(16-19-8-2-1-3-9-19)18-23(30)27-15-21-11-5-7-13-25(21)32-27/h1-15,22,29H,16-18H2. The minimum atomic E-state index is -0.866. The molecule has 2 heterocycles. The van der Waals surface area contributed by atoms with Crippen LogP contribution in [0.25, 0.3) is 21.9 Å². The van der Waals surface area contributed by atoms with Crippen molar-refractivity contribution in [1.82, 2.24) is 4.90 Å². The van der Waals surface area contributed by atoms with Gasteiger partial charge in [-0.2, -0.15) is 0 Å². The highest BCUT2D eigenvalue weighted by molar-refractivity contribution is 5.98. The second-order valence-electron chi connectivity index (χ2n) is 7.93. The van der Waals surface area contributed by atoms with Gasteiger partial charge in [-0.15, -0.1) is 0 Å². The van der Waals surface area contributed by atoms with E-state index in [9.17, 15) is 9.90 Å². The molecule has 0 saturated heterocycles. The van der Waals surface area contributed by atoms with Crippen LogP contribution in [0, 0.1) is 0 Å². The van der Waals surface area contributed by atoms with Crippen molar-refractivity contribution in [2.45, 2.75) is 12.6 Å². The zero-order chi connectivity index (χ0) is 21.9. The smallest absolute Gasteiger partial charge is 0.211 e. The Kier molecular flexibility index (Phi) is 5.58. The zero-order valence-corrected chi connectivity index (χ0v) is 17.5. The van der Waals surface area contributed by atoms with Crippen molar-refractivity contribution in [2.75, 3.05) is 13.1 Å². The van der Waals surface area contributed by atoms with Gasteiger partial charge in [0.15, 0.2) is 5.76 Å². The van der Waals surface area contributed by atoms with Crippen molar-refractivity contribution < 1.29 is 18.7 Å². The molecule has 5 nitrogen and oxygen atoms in total. The first-order valence-electron chi connectivity index (χ1n) is 10.6. The second-order valence-corrected chi connectivity index (χ2v) is 7.93. The fourth-order valence-corrected chi connectivity index (χ4v) is 3.93. The molecule has 0 aliphatic rings. The number of ketones is 1.